The molecule has 4 heteroatoms. The van der Waals surface area contributed by atoms with E-state index in [0.717, 1.165) is 22.9 Å². The summed E-state index contributed by atoms with van der Waals surface area (Å²) in [6, 6.07) is 15.1. The first-order valence-electron chi connectivity index (χ1n) is 7.87. The zero-order valence-electron chi connectivity index (χ0n) is 14.9. The molecular formula is C20H24N2O2. The van der Waals surface area contributed by atoms with Crippen LogP contribution in [0.1, 0.15) is 22.4 Å². The van der Waals surface area contributed by atoms with Crippen LogP contribution in [0.15, 0.2) is 48.5 Å². The average molecular weight is 324 g/mol. The van der Waals surface area contributed by atoms with Gasteiger partial charge in [-0.1, -0.05) is 35.4 Å². The number of hydrogen-bond donors (Lipinski definition) is 1. The fourth-order valence-electron chi connectivity index (χ4n) is 2.15. The van der Waals surface area contributed by atoms with Crippen molar-refractivity contribution in [2.45, 2.75) is 27.7 Å². The molecule has 2 aromatic carbocycles. The maximum atomic E-state index is 8.76. The Morgan fingerprint density at radius 1 is 0.833 bits per heavy atom. The first kappa shape index (κ1) is 17.6. The van der Waals surface area contributed by atoms with E-state index in [9.17, 15) is 0 Å². The third-order valence-corrected chi connectivity index (χ3v) is 3.73. The highest BCUT2D eigenvalue weighted by atomic mass is 16.5. The first-order valence-corrected chi connectivity index (χ1v) is 7.87. The van der Waals surface area contributed by atoms with E-state index in [1.54, 1.807) is 16.8 Å². The third-order valence-electron chi connectivity index (χ3n) is 3.73. The number of nitrogens with zero attached hydrogens (tertiary/aromatic N) is 2. The van der Waals surface area contributed by atoms with Gasteiger partial charge in [0.15, 0.2) is 0 Å². The van der Waals surface area contributed by atoms with E-state index < -0.39 is 0 Å². The molecule has 24 heavy (non-hydrogen) atoms. The summed E-state index contributed by atoms with van der Waals surface area (Å²) in [5.74, 6) is 1.98. The van der Waals surface area contributed by atoms with Gasteiger partial charge in [0.05, 0.1) is 5.69 Å². The summed E-state index contributed by atoms with van der Waals surface area (Å²) < 4.78 is 7.58. The second-order valence-electron chi connectivity index (χ2n) is 5.89. The van der Waals surface area contributed by atoms with Crippen LogP contribution in [-0.2, 0) is 7.05 Å². The van der Waals surface area contributed by atoms with Crippen LogP contribution in [0.4, 0.5) is 0 Å². The fraction of sp³-hybridized carbons (Fsp3) is 0.250. The van der Waals surface area contributed by atoms with Crippen molar-refractivity contribution < 1.29 is 9.84 Å². The van der Waals surface area contributed by atoms with E-state index in [1.807, 2.05) is 64.2 Å². The van der Waals surface area contributed by atoms with E-state index in [2.05, 4.69) is 12.0 Å². The smallest absolute Gasteiger partial charge is 0.220 e. The van der Waals surface area contributed by atoms with Gasteiger partial charge in [-0.05, 0) is 52.0 Å². The van der Waals surface area contributed by atoms with Crippen molar-refractivity contribution in [2.75, 3.05) is 0 Å². The molecule has 1 aromatic heterocycles. The molecule has 0 aliphatic carbocycles. The molecule has 0 amide bonds. The molecule has 0 spiro atoms. The Morgan fingerprint density at radius 2 is 1.33 bits per heavy atom. The molecule has 0 radical (unpaired) electrons. The number of benzene rings is 2. The summed E-state index contributed by atoms with van der Waals surface area (Å²) in [5, 5.41) is 13.1. The van der Waals surface area contributed by atoms with Gasteiger partial charge >= 0.3 is 0 Å². The lowest BCUT2D eigenvalue weighted by atomic mass is 10.2. The van der Waals surface area contributed by atoms with Crippen molar-refractivity contribution in [2.24, 2.45) is 7.05 Å². The minimum Gasteiger partial charge on any atom is -0.508 e. The van der Waals surface area contributed by atoms with Crippen LogP contribution in [-0.4, -0.2) is 14.9 Å². The van der Waals surface area contributed by atoms with Crippen molar-refractivity contribution in [3.63, 3.8) is 0 Å². The molecule has 1 N–H and O–H groups in total. The largest absolute Gasteiger partial charge is 0.508 e. The van der Waals surface area contributed by atoms with Crippen LogP contribution >= 0.6 is 0 Å². The summed E-state index contributed by atoms with van der Waals surface area (Å²) in [6.07, 6.45) is 0. The summed E-state index contributed by atoms with van der Waals surface area (Å²) >= 11 is 0. The molecule has 3 rings (SSSR count). The standard InChI is InChI=1S/C13H16N2O.C7H8O/c1-9-5-7-12(8-6-9)16-13-10(2)11(3)14-15(13)4;1-6-2-4-7(8)5-3-6/h5-8H,1-4H3;2-5,8H,1H3. The maximum absolute atomic E-state index is 8.76. The Balaban J connectivity index is 0.000000219. The first-order chi connectivity index (χ1) is 11.4. The Bertz CT molecular complexity index is 767. The van der Waals surface area contributed by atoms with E-state index in [0.29, 0.717) is 5.75 Å². The molecule has 0 saturated heterocycles. The maximum Gasteiger partial charge on any atom is 0.220 e. The van der Waals surface area contributed by atoms with Crippen molar-refractivity contribution in [1.29, 1.82) is 0 Å². The van der Waals surface area contributed by atoms with Gasteiger partial charge in [-0.2, -0.15) is 5.10 Å². The van der Waals surface area contributed by atoms with Gasteiger partial charge in [0.1, 0.15) is 11.5 Å². The van der Waals surface area contributed by atoms with Gasteiger partial charge in [0, 0.05) is 12.6 Å². The lowest BCUT2D eigenvalue weighted by Crippen LogP contribution is -1.95. The molecule has 4 nitrogen and oxygen atoms in total. The molecular weight excluding hydrogens is 300 g/mol. The molecule has 0 saturated carbocycles. The Kier molecular flexibility index (Phi) is 5.64. The predicted octanol–water partition coefficient (Wildman–Crippen LogP) is 4.84. The van der Waals surface area contributed by atoms with Crippen LogP contribution in [0.3, 0.4) is 0 Å². The second kappa shape index (κ2) is 7.68. The normalized spacial score (nSPS) is 10.0. The number of phenols is 1. The van der Waals surface area contributed by atoms with E-state index in [-0.39, 0.29) is 0 Å². The molecule has 0 aliphatic heterocycles. The third kappa shape index (κ3) is 4.62. The molecule has 0 unspecified atom stereocenters. The Hall–Kier alpha value is -2.75. The number of aromatic hydroxyl groups is 1. The summed E-state index contributed by atoms with van der Waals surface area (Å²) in [4.78, 5) is 0. The van der Waals surface area contributed by atoms with Crippen LogP contribution in [0.5, 0.6) is 17.4 Å². The number of phenolic OH excluding ortho intramolecular Hbond substituents is 1. The Labute approximate surface area is 143 Å². The quantitative estimate of drug-likeness (QED) is 0.734. The molecule has 0 fully saturated rings. The number of hydrogen-bond acceptors (Lipinski definition) is 3. The van der Waals surface area contributed by atoms with Crippen LogP contribution in [0.2, 0.25) is 0 Å². The minimum atomic E-state index is 0.329. The van der Waals surface area contributed by atoms with E-state index in [1.165, 1.54) is 11.1 Å². The highest BCUT2D eigenvalue weighted by Crippen LogP contribution is 2.26. The van der Waals surface area contributed by atoms with E-state index in [4.69, 9.17) is 9.84 Å². The van der Waals surface area contributed by atoms with Crippen molar-refractivity contribution in [3.05, 3.63) is 70.9 Å². The molecule has 126 valence electrons. The summed E-state index contributed by atoms with van der Waals surface area (Å²) in [7, 11) is 1.89. The van der Waals surface area contributed by atoms with Crippen LogP contribution in [0.25, 0.3) is 0 Å². The van der Waals surface area contributed by atoms with Crippen molar-refractivity contribution in [1.82, 2.24) is 9.78 Å². The zero-order chi connectivity index (χ0) is 17.7. The zero-order valence-corrected chi connectivity index (χ0v) is 14.9. The van der Waals surface area contributed by atoms with Crippen molar-refractivity contribution in [3.8, 4) is 17.4 Å². The van der Waals surface area contributed by atoms with Gasteiger partial charge in [-0.25, -0.2) is 4.68 Å². The van der Waals surface area contributed by atoms with Gasteiger partial charge in [-0.3, -0.25) is 0 Å². The van der Waals surface area contributed by atoms with Gasteiger partial charge in [-0.15, -0.1) is 0 Å². The topological polar surface area (TPSA) is 47.3 Å². The molecule has 0 atom stereocenters. The number of aryl methyl sites for hydroxylation is 4. The SMILES string of the molecule is Cc1ccc(O)cc1.Cc1ccc(Oc2c(C)c(C)nn2C)cc1. The molecule has 1 heterocycles. The lowest BCUT2D eigenvalue weighted by molar-refractivity contribution is 0.427. The number of rotatable bonds is 2. The van der Waals surface area contributed by atoms with E-state index >= 15 is 0 Å². The van der Waals surface area contributed by atoms with Gasteiger partial charge < -0.3 is 9.84 Å². The van der Waals surface area contributed by atoms with Crippen LogP contribution in [0, 0.1) is 27.7 Å². The highest BCUT2D eigenvalue weighted by molar-refractivity contribution is 5.35. The summed E-state index contributed by atoms with van der Waals surface area (Å²) in [5.41, 5.74) is 4.49. The monoisotopic (exact) mass is 324 g/mol. The fourth-order valence-corrected chi connectivity index (χ4v) is 2.15. The molecule has 3 aromatic rings. The predicted molar refractivity (Wildman–Crippen MR) is 96.8 cm³/mol. The second-order valence-corrected chi connectivity index (χ2v) is 5.89. The Morgan fingerprint density at radius 3 is 1.75 bits per heavy atom. The van der Waals surface area contributed by atoms with Gasteiger partial charge in [0.25, 0.3) is 0 Å². The molecule has 0 aliphatic rings. The summed E-state index contributed by atoms with van der Waals surface area (Å²) in [6.45, 7) is 8.05. The number of ether oxygens (including phenoxy) is 1. The average Bonchev–Trinajstić information content (AvgIpc) is 2.79. The number of aromatic nitrogens is 2. The highest BCUT2D eigenvalue weighted by Gasteiger charge is 2.10. The lowest BCUT2D eigenvalue weighted by Gasteiger charge is -2.06. The minimum absolute atomic E-state index is 0.329. The van der Waals surface area contributed by atoms with Crippen molar-refractivity contribution >= 4 is 0 Å². The molecule has 0 bridgehead atoms. The van der Waals surface area contributed by atoms with Gasteiger partial charge in [0.2, 0.25) is 5.88 Å². The van der Waals surface area contributed by atoms with Crippen LogP contribution < -0.4 is 4.74 Å².